The van der Waals surface area contributed by atoms with Gasteiger partial charge in [0.05, 0.1) is 0 Å². The van der Waals surface area contributed by atoms with Crippen LogP contribution in [0.4, 0.5) is 5.69 Å². The Bertz CT molecular complexity index is 636. The topological polar surface area (TPSA) is 29.5 Å². The zero-order valence-electron chi connectivity index (χ0n) is 13.6. The summed E-state index contributed by atoms with van der Waals surface area (Å²) in [5.74, 6) is 1.14. The van der Waals surface area contributed by atoms with Gasteiger partial charge in [-0.1, -0.05) is 30.3 Å². The molecule has 0 aromatic heterocycles. The molecule has 0 spiro atoms. The van der Waals surface area contributed by atoms with Gasteiger partial charge < -0.3 is 9.64 Å². The molecule has 23 heavy (non-hydrogen) atoms. The molecule has 0 N–H and O–H groups in total. The van der Waals surface area contributed by atoms with E-state index in [0.717, 1.165) is 30.7 Å². The van der Waals surface area contributed by atoms with E-state index >= 15 is 0 Å². The maximum atomic E-state index is 11.4. The summed E-state index contributed by atoms with van der Waals surface area (Å²) in [5.41, 5.74) is 2.35. The van der Waals surface area contributed by atoms with Crippen molar-refractivity contribution in [2.75, 3.05) is 11.4 Å². The second-order valence-corrected chi connectivity index (χ2v) is 6.16. The number of benzene rings is 2. The molecule has 1 aliphatic rings. The van der Waals surface area contributed by atoms with Gasteiger partial charge in [-0.2, -0.15) is 0 Å². The standard InChI is InChI=1S/C20H23NO2/c1-16(22)14-19-8-5-13-21(19)18-9-11-20(12-10-18)23-15-17-6-3-2-4-7-17/h2-4,6-7,9-12,19H,5,8,13-15H2,1H3. The first-order chi connectivity index (χ1) is 11.2. The third-order valence-corrected chi connectivity index (χ3v) is 4.32. The molecule has 0 saturated carbocycles. The number of ketones is 1. The van der Waals surface area contributed by atoms with Crippen LogP contribution in [-0.2, 0) is 11.4 Å². The van der Waals surface area contributed by atoms with Crippen LogP contribution in [0.15, 0.2) is 54.6 Å². The second-order valence-electron chi connectivity index (χ2n) is 6.16. The molecule has 0 aliphatic carbocycles. The number of nitrogens with zero attached hydrogens (tertiary/aromatic N) is 1. The van der Waals surface area contributed by atoms with Crippen LogP contribution in [0, 0.1) is 0 Å². The Morgan fingerprint density at radius 1 is 1.13 bits per heavy atom. The molecule has 0 bridgehead atoms. The normalized spacial score (nSPS) is 17.3. The van der Waals surface area contributed by atoms with Crippen molar-refractivity contribution < 1.29 is 9.53 Å². The largest absolute Gasteiger partial charge is 0.489 e. The van der Waals surface area contributed by atoms with Crippen molar-refractivity contribution in [2.45, 2.75) is 38.8 Å². The van der Waals surface area contributed by atoms with Crippen molar-refractivity contribution in [3.63, 3.8) is 0 Å². The zero-order chi connectivity index (χ0) is 16.1. The molecule has 0 radical (unpaired) electrons. The van der Waals surface area contributed by atoms with Crippen LogP contribution in [0.3, 0.4) is 0 Å². The van der Waals surface area contributed by atoms with E-state index in [1.54, 1.807) is 6.92 Å². The number of hydrogen-bond acceptors (Lipinski definition) is 3. The molecule has 1 saturated heterocycles. The molecule has 3 heteroatoms. The fraction of sp³-hybridized carbons (Fsp3) is 0.350. The van der Waals surface area contributed by atoms with E-state index in [9.17, 15) is 4.79 Å². The van der Waals surface area contributed by atoms with Gasteiger partial charge in [-0.05, 0) is 49.6 Å². The van der Waals surface area contributed by atoms with Gasteiger partial charge >= 0.3 is 0 Å². The van der Waals surface area contributed by atoms with Crippen molar-refractivity contribution in [1.82, 2.24) is 0 Å². The monoisotopic (exact) mass is 309 g/mol. The zero-order valence-corrected chi connectivity index (χ0v) is 13.6. The number of rotatable bonds is 6. The van der Waals surface area contributed by atoms with Crippen LogP contribution in [0.2, 0.25) is 0 Å². The Morgan fingerprint density at radius 3 is 2.57 bits per heavy atom. The van der Waals surface area contributed by atoms with E-state index in [0.29, 0.717) is 19.1 Å². The van der Waals surface area contributed by atoms with Crippen molar-refractivity contribution in [1.29, 1.82) is 0 Å². The molecular weight excluding hydrogens is 286 g/mol. The fourth-order valence-corrected chi connectivity index (χ4v) is 3.19. The second kappa shape index (κ2) is 7.32. The molecule has 3 rings (SSSR count). The molecule has 2 aromatic rings. The predicted molar refractivity (Wildman–Crippen MR) is 92.9 cm³/mol. The van der Waals surface area contributed by atoms with Gasteiger partial charge in [-0.15, -0.1) is 0 Å². The van der Waals surface area contributed by atoms with E-state index in [2.05, 4.69) is 29.2 Å². The number of carbonyl (C=O) groups excluding carboxylic acids is 1. The number of hydrogen-bond donors (Lipinski definition) is 0. The van der Waals surface area contributed by atoms with Crippen molar-refractivity contribution in [3.8, 4) is 5.75 Å². The molecule has 120 valence electrons. The maximum Gasteiger partial charge on any atom is 0.131 e. The molecule has 3 nitrogen and oxygen atoms in total. The highest BCUT2D eigenvalue weighted by molar-refractivity contribution is 5.77. The summed E-state index contributed by atoms with van der Waals surface area (Å²) >= 11 is 0. The number of anilines is 1. The van der Waals surface area contributed by atoms with Crippen molar-refractivity contribution in [3.05, 3.63) is 60.2 Å². The highest BCUT2D eigenvalue weighted by atomic mass is 16.5. The SMILES string of the molecule is CC(=O)CC1CCCN1c1ccc(OCc2ccccc2)cc1. The Kier molecular flexibility index (Phi) is 4.96. The third kappa shape index (κ3) is 4.13. The van der Waals surface area contributed by atoms with Crippen molar-refractivity contribution in [2.24, 2.45) is 0 Å². The van der Waals surface area contributed by atoms with Crippen LogP contribution in [-0.4, -0.2) is 18.4 Å². The summed E-state index contributed by atoms with van der Waals surface area (Å²) in [4.78, 5) is 13.8. The van der Waals surface area contributed by atoms with Gasteiger partial charge in [-0.3, -0.25) is 4.79 Å². The average Bonchev–Trinajstić information content (AvgIpc) is 3.02. The van der Waals surface area contributed by atoms with Gasteiger partial charge in [-0.25, -0.2) is 0 Å². The number of Topliss-reactive ketones (excluding diaryl/α,β-unsaturated/α-hetero) is 1. The quantitative estimate of drug-likeness (QED) is 0.800. The van der Waals surface area contributed by atoms with Crippen molar-refractivity contribution >= 4 is 11.5 Å². The average molecular weight is 309 g/mol. The minimum Gasteiger partial charge on any atom is -0.489 e. The molecule has 1 heterocycles. The van der Waals surface area contributed by atoms with Crippen LogP contribution in [0.25, 0.3) is 0 Å². The van der Waals surface area contributed by atoms with Crippen LogP contribution in [0.1, 0.15) is 31.7 Å². The van der Waals surface area contributed by atoms with Crippen LogP contribution < -0.4 is 9.64 Å². The summed E-state index contributed by atoms with van der Waals surface area (Å²) in [6.45, 7) is 3.29. The molecule has 1 fully saturated rings. The van der Waals surface area contributed by atoms with Crippen LogP contribution in [0.5, 0.6) is 5.75 Å². The first kappa shape index (κ1) is 15.6. The molecule has 2 aromatic carbocycles. The first-order valence-corrected chi connectivity index (χ1v) is 8.25. The lowest BCUT2D eigenvalue weighted by Crippen LogP contribution is -2.30. The third-order valence-electron chi connectivity index (χ3n) is 4.32. The number of carbonyl (C=O) groups is 1. The smallest absolute Gasteiger partial charge is 0.131 e. The minimum atomic E-state index is 0.268. The molecule has 1 atom stereocenters. The summed E-state index contributed by atoms with van der Waals surface area (Å²) < 4.78 is 5.83. The summed E-state index contributed by atoms with van der Waals surface area (Å²) in [5, 5.41) is 0. The summed E-state index contributed by atoms with van der Waals surface area (Å²) in [6, 6.07) is 18.7. The maximum absolute atomic E-state index is 11.4. The Morgan fingerprint density at radius 2 is 1.87 bits per heavy atom. The van der Waals surface area contributed by atoms with E-state index in [-0.39, 0.29) is 5.78 Å². The Hall–Kier alpha value is -2.29. The minimum absolute atomic E-state index is 0.268. The van der Waals surface area contributed by atoms with E-state index in [4.69, 9.17) is 4.74 Å². The van der Waals surface area contributed by atoms with E-state index in [1.807, 2.05) is 30.3 Å². The van der Waals surface area contributed by atoms with E-state index < -0.39 is 0 Å². The molecule has 0 amide bonds. The summed E-state index contributed by atoms with van der Waals surface area (Å²) in [7, 11) is 0. The van der Waals surface area contributed by atoms with E-state index in [1.165, 1.54) is 5.69 Å². The van der Waals surface area contributed by atoms with Crippen LogP contribution >= 0.6 is 0 Å². The highest BCUT2D eigenvalue weighted by Gasteiger charge is 2.25. The highest BCUT2D eigenvalue weighted by Crippen LogP contribution is 2.29. The Balaban J connectivity index is 1.61. The van der Waals surface area contributed by atoms with Gasteiger partial charge in [0.1, 0.15) is 18.1 Å². The lowest BCUT2D eigenvalue weighted by atomic mass is 10.1. The number of ether oxygens (including phenoxy) is 1. The molecule has 1 unspecified atom stereocenters. The summed E-state index contributed by atoms with van der Waals surface area (Å²) in [6.07, 6.45) is 2.91. The van der Waals surface area contributed by atoms with Gasteiger partial charge in [0, 0.05) is 24.7 Å². The predicted octanol–water partition coefficient (Wildman–Crippen LogP) is 4.21. The molecular formula is C20H23NO2. The lowest BCUT2D eigenvalue weighted by molar-refractivity contribution is -0.117. The first-order valence-electron chi connectivity index (χ1n) is 8.25. The lowest BCUT2D eigenvalue weighted by Gasteiger charge is -2.26. The van der Waals surface area contributed by atoms with Gasteiger partial charge in [0.2, 0.25) is 0 Å². The molecule has 1 aliphatic heterocycles. The Labute approximate surface area is 137 Å². The van der Waals surface area contributed by atoms with Gasteiger partial charge in [0.25, 0.3) is 0 Å². The fourth-order valence-electron chi connectivity index (χ4n) is 3.19. The van der Waals surface area contributed by atoms with Gasteiger partial charge in [0.15, 0.2) is 0 Å².